The molecule has 1 aliphatic rings. The first-order valence-electron chi connectivity index (χ1n) is 6.34. The summed E-state index contributed by atoms with van der Waals surface area (Å²) in [5.74, 6) is 0.300. The maximum atomic E-state index is 11.6. The van der Waals surface area contributed by atoms with Gasteiger partial charge in [-0.3, -0.25) is 4.79 Å². The summed E-state index contributed by atoms with van der Waals surface area (Å²) in [6, 6.07) is 2.70. The summed E-state index contributed by atoms with van der Waals surface area (Å²) >= 11 is 5.31. The fourth-order valence-corrected chi connectivity index (χ4v) is 4.13. The van der Waals surface area contributed by atoms with E-state index in [1.807, 2.05) is 4.90 Å². The maximum absolute atomic E-state index is 11.6. The summed E-state index contributed by atoms with van der Waals surface area (Å²) in [6.07, 6.45) is 1.73. The van der Waals surface area contributed by atoms with Crippen LogP contribution < -0.4 is 5.32 Å². The zero-order valence-electron chi connectivity index (χ0n) is 10.8. The lowest BCUT2D eigenvalue weighted by Crippen LogP contribution is -2.40. The van der Waals surface area contributed by atoms with E-state index in [-0.39, 0.29) is 0 Å². The average Bonchev–Trinajstić information content (AvgIpc) is 2.88. The Labute approximate surface area is 121 Å². The SMILES string of the molecule is CC(CN1CCCC1=O)NC(C)c1sccc1Br. The minimum absolute atomic E-state index is 0.300. The van der Waals surface area contributed by atoms with E-state index >= 15 is 0 Å². The van der Waals surface area contributed by atoms with Crippen LogP contribution in [-0.4, -0.2) is 29.9 Å². The van der Waals surface area contributed by atoms with E-state index in [2.05, 4.69) is 46.5 Å². The lowest BCUT2D eigenvalue weighted by Gasteiger charge is -2.24. The van der Waals surface area contributed by atoms with Crippen molar-refractivity contribution in [1.82, 2.24) is 10.2 Å². The third-order valence-corrected chi connectivity index (χ3v) is 5.29. The van der Waals surface area contributed by atoms with Gasteiger partial charge in [0.15, 0.2) is 0 Å². The predicted molar refractivity (Wildman–Crippen MR) is 78.8 cm³/mol. The Kier molecular flexibility index (Phi) is 4.81. The molecule has 5 heteroatoms. The van der Waals surface area contributed by atoms with E-state index in [1.54, 1.807) is 11.3 Å². The van der Waals surface area contributed by atoms with E-state index < -0.39 is 0 Å². The van der Waals surface area contributed by atoms with Crippen LogP contribution in [0.4, 0.5) is 0 Å². The van der Waals surface area contributed by atoms with E-state index in [1.165, 1.54) is 4.88 Å². The number of hydrogen-bond donors (Lipinski definition) is 1. The smallest absolute Gasteiger partial charge is 0.222 e. The molecule has 2 heterocycles. The van der Waals surface area contributed by atoms with Crippen molar-refractivity contribution in [2.75, 3.05) is 13.1 Å². The topological polar surface area (TPSA) is 32.3 Å². The minimum Gasteiger partial charge on any atom is -0.341 e. The molecule has 2 rings (SSSR count). The van der Waals surface area contributed by atoms with Crippen LogP contribution in [0.15, 0.2) is 15.9 Å². The van der Waals surface area contributed by atoms with Crippen molar-refractivity contribution in [1.29, 1.82) is 0 Å². The molecule has 1 aliphatic heterocycles. The van der Waals surface area contributed by atoms with Crippen molar-refractivity contribution in [2.45, 2.75) is 38.8 Å². The van der Waals surface area contributed by atoms with Crippen LogP contribution in [0.2, 0.25) is 0 Å². The molecule has 0 aromatic carbocycles. The molecule has 0 spiro atoms. The number of halogens is 1. The van der Waals surface area contributed by atoms with Gasteiger partial charge in [0.1, 0.15) is 0 Å². The van der Waals surface area contributed by atoms with Crippen LogP contribution in [0, 0.1) is 0 Å². The molecule has 0 aliphatic carbocycles. The van der Waals surface area contributed by atoms with Crippen LogP contribution >= 0.6 is 27.3 Å². The van der Waals surface area contributed by atoms with E-state index in [0.29, 0.717) is 18.0 Å². The van der Waals surface area contributed by atoms with Crippen molar-refractivity contribution in [3.05, 3.63) is 20.8 Å². The summed E-state index contributed by atoms with van der Waals surface area (Å²) in [6.45, 7) is 6.04. The molecular weight excluding hydrogens is 312 g/mol. The van der Waals surface area contributed by atoms with Crippen LogP contribution in [-0.2, 0) is 4.79 Å². The zero-order chi connectivity index (χ0) is 13.1. The second-order valence-electron chi connectivity index (χ2n) is 4.87. The fraction of sp³-hybridized carbons (Fsp3) is 0.615. The molecule has 100 valence electrons. The van der Waals surface area contributed by atoms with Gasteiger partial charge in [-0.05, 0) is 47.6 Å². The van der Waals surface area contributed by atoms with Gasteiger partial charge in [-0.2, -0.15) is 0 Å². The van der Waals surface area contributed by atoms with Crippen molar-refractivity contribution in [2.24, 2.45) is 0 Å². The van der Waals surface area contributed by atoms with Gasteiger partial charge in [-0.1, -0.05) is 0 Å². The van der Waals surface area contributed by atoms with Gasteiger partial charge in [0, 0.05) is 40.9 Å². The average molecular weight is 331 g/mol. The van der Waals surface area contributed by atoms with Gasteiger partial charge >= 0.3 is 0 Å². The van der Waals surface area contributed by atoms with Gasteiger partial charge < -0.3 is 10.2 Å². The van der Waals surface area contributed by atoms with E-state index in [9.17, 15) is 4.79 Å². The second-order valence-corrected chi connectivity index (χ2v) is 6.67. The number of amides is 1. The number of carbonyl (C=O) groups excluding carboxylic acids is 1. The second kappa shape index (κ2) is 6.17. The van der Waals surface area contributed by atoms with Crippen LogP contribution in [0.5, 0.6) is 0 Å². The highest BCUT2D eigenvalue weighted by Gasteiger charge is 2.22. The first-order chi connectivity index (χ1) is 8.58. The summed E-state index contributed by atoms with van der Waals surface area (Å²) in [5, 5.41) is 5.65. The summed E-state index contributed by atoms with van der Waals surface area (Å²) in [7, 11) is 0. The molecule has 2 unspecified atom stereocenters. The molecule has 1 fully saturated rings. The highest BCUT2D eigenvalue weighted by molar-refractivity contribution is 9.10. The van der Waals surface area contributed by atoms with Crippen molar-refractivity contribution in [3.8, 4) is 0 Å². The lowest BCUT2D eigenvalue weighted by atomic mass is 10.2. The van der Waals surface area contributed by atoms with Crippen molar-refractivity contribution >= 4 is 33.2 Å². The number of likely N-dealkylation sites (tertiary alicyclic amines) is 1. The van der Waals surface area contributed by atoms with Gasteiger partial charge in [0.05, 0.1) is 0 Å². The van der Waals surface area contributed by atoms with Gasteiger partial charge in [-0.15, -0.1) is 11.3 Å². The Bertz CT molecular complexity index is 421. The normalized spacial score (nSPS) is 19.3. The first-order valence-corrected chi connectivity index (χ1v) is 8.02. The predicted octanol–water partition coefficient (Wildman–Crippen LogP) is 3.17. The zero-order valence-corrected chi connectivity index (χ0v) is 13.2. The third kappa shape index (κ3) is 3.33. The summed E-state index contributed by atoms with van der Waals surface area (Å²) in [5.41, 5.74) is 0. The molecule has 2 atom stereocenters. The molecule has 1 amide bonds. The summed E-state index contributed by atoms with van der Waals surface area (Å²) in [4.78, 5) is 14.9. The third-order valence-electron chi connectivity index (χ3n) is 3.24. The Morgan fingerprint density at radius 3 is 2.89 bits per heavy atom. The molecule has 1 aromatic rings. The van der Waals surface area contributed by atoms with Crippen LogP contribution in [0.3, 0.4) is 0 Å². The molecule has 0 bridgehead atoms. The highest BCUT2D eigenvalue weighted by atomic mass is 79.9. The fourth-order valence-electron chi connectivity index (χ4n) is 2.40. The van der Waals surface area contributed by atoms with Crippen molar-refractivity contribution < 1.29 is 4.79 Å². The summed E-state index contributed by atoms with van der Waals surface area (Å²) < 4.78 is 1.16. The number of thiophene rings is 1. The minimum atomic E-state index is 0.300. The Hall–Kier alpha value is -0.390. The molecule has 3 nitrogen and oxygen atoms in total. The van der Waals surface area contributed by atoms with E-state index in [4.69, 9.17) is 0 Å². The van der Waals surface area contributed by atoms with Crippen LogP contribution in [0.1, 0.15) is 37.6 Å². The molecule has 1 aromatic heterocycles. The highest BCUT2D eigenvalue weighted by Crippen LogP contribution is 2.29. The van der Waals surface area contributed by atoms with Gasteiger partial charge in [0.25, 0.3) is 0 Å². The molecule has 0 radical (unpaired) electrons. The molecule has 0 saturated carbocycles. The van der Waals surface area contributed by atoms with E-state index in [0.717, 1.165) is 30.4 Å². The Morgan fingerprint density at radius 1 is 1.56 bits per heavy atom. The Morgan fingerprint density at radius 2 is 2.33 bits per heavy atom. The number of nitrogens with zero attached hydrogens (tertiary/aromatic N) is 1. The first kappa shape index (κ1) is 14.0. The molecule has 1 saturated heterocycles. The Balaban J connectivity index is 1.85. The monoisotopic (exact) mass is 330 g/mol. The quantitative estimate of drug-likeness (QED) is 0.899. The van der Waals surface area contributed by atoms with Crippen LogP contribution in [0.25, 0.3) is 0 Å². The van der Waals surface area contributed by atoms with Gasteiger partial charge in [0.2, 0.25) is 5.91 Å². The molecule has 18 heavy (non-hydrogen) atoms. The lowest BCUT2D eigenvalue weighted by molar-refractivity contribution is -0.127. The maximum Gasteiger partial charge on any atom is 0.222 e. The number of nitrogens with one attached hydrogen (secondary N) is 1. The molecule has 1 N–H and O–H groups in total. The standard InChI is InChI=1S/C13H19BrN2OS/c1-9(8-16-6-3-4-12(16)17)15-10(2)13-11(14)5-7-18-13/h5,7,9-10,15H,3-4,6,8H2,1-2H3. The number of hydrogen-bond acceptors (Lipinski definition) is 3. The van der Waals surface area contributed by atoms with Gasteiger partial charge in [-0.25, -0.2) is 0 Å². The van der Waals surface area contributed by atoms with Crippen molar-refractivity contribution in [3.63, 3.8) is 0 Å². The largest absolute Gasteiger partial charge is 0.341 e. The number of carbonyl (C=O) groups is 1. The number of rotatable bonds is 5. The molecular formula is C13H19BrN2OS.